The fraction of sp³-hybridized carbons (Fsp3) is 0.333. The van der Waals surface area contributed by atoms with Crippen LogP contribution in [0.25, 0.3) is 0 Å². The van der Waals surface area contributed by atoms with Crippen LogP contribution in [0.4, 0.5) is 16.2 Å². The molecule has 0 radical (unpaired) electrons. The molecule has 2 rings (SSSR count). The Hall–Kier alpha value is -2.86. The van der Waals surface area contributed by atoms with E-state index in [-0.39, 0.29) is 11.9 Å². The van der Waals surface area contributed by atoms with E-state index in [4.69, 9.17) is 5.73 Å². The molecule has 6 heteroatoms. The van der Waals surface area contributed by atoms with Crippen molar-refractivity contribution in [1.82, 2.24) is 5.32 Å². The fourth-order valence-corrected chi connectivity index (χ4v) is 2.90. The SMILES string of the molecule is CCC(CC)(CN)C(=O)NCc1cccc(NC(=O)Nc2ccccc2)c1. The van der Waals surface area contributed by atoms with Crippen LogP contribution in [0.5, 0.6) is 0 Å². The monoisotopic (exact) mass is 368 g/mol. The van der Waals surface area contributed by atoms with E-state index in [1.165, 1.54) is 0 Å². The van der Waals surface area contributed by atoms with Crippen molar-refractivity contribution in [2.24, 2.45) is 11.1 Å². The van der Waals surface area contributed by atoms with Gasteiger partial charge in [-0.25, -0.2) is 4.79 Å². The predicted octanol–water partition coefficient (Wildman–Crippen LogP) is 3.71. The summed E-state index contributed by atoms with van der Waals surface area (Å²) in [5, 5.41) is 8.53. The maximum Gasteiger partial charge on any atom is 0.323 e. The van der Waals surface area contributed by atoms with Crippen molar-refractivity contribution in [3.05, 3.63) is 60.2 Å². The van der Waals surface area contributed by atoms with Crippen molar-refractivity contribution < 1.29 is 9.59 Å². The molecule has 5 N–H and O–H groups in total. The Morgan fingerprint density at radius 1 is 0.926 bits per heavy atom. The molecule has 2 aromatic carbocycles. The minimum absolute atomic E-state index is 0.0322. The Morgan fingerprint density at radius 2 is 1.56 bits per heavy atom. The van der Waals surface area contributed by atoms with E-state index in [0.29, 0.717) is 31.6 Å². The third-order valence-corrected chi connectivity index (χ3v) is 4.90. The van der Waals surface area contributed by atoms with Crippen LogP contribution < -0.4 is 21.7 Å². The number of para-hydroxylation sites is 1. The number of hydrogen-bond acceptors (Lipinski definition) is 3. The average molecular weight is 368 g/mol. The molecule has 27 heavy (non-hydrogen) atoms. The number of rotatable bonds is 8. The summed E-state index contributed by atoms with van der Waals surface area (Å²) in [6.45, 7) is 4.67. The van der Waals surface area contributed by atoms with Crippen molar-refractivity contribution in [2.75, 3.05) is 17.2 Å². The number of hydrogen-bond donors (Lipinski definition) is 4. The Balaban J connectivity index is 1.95. The van der Waals surface area contributed by atoms with Gasteiger partial charge in [-0.2, -0.15) is 0 Å². The van der Waals surface area contributed by atoms with Gasteiger partial charge in [-0.3, -0.25) is 4.79 Å². The number of carbonyl (C=O) groups excluding carboxylic acids is 2. The van der Waals surface area contributed by atoms with E-state index in [1.807, 2.05) is 62.4 Å². The van der Waals surface area contributed by atoms with Crippen LogP contribution in [0.15, 0.2) is 54.6 Å². The number of nitrogens with two attached hydrogens (primary N) is 1. The van der Waals surface area contributed by atoms with Crippen molar-refractivity contribution in [3.8, 4) is 0 Å². The first-order valence-corrected chi connectivity index (χ1v) is 9.23. The summed E-state index contributed by atoms with van der Waals surface area (Å²) in [6, 6.07) is 16.3. The molecule has 6 nitrogen and oxygen atoms in total. The zero-order valence-corrected chi connectivity index (χ0v) is 15.9. The second-order valence-corrected chi connectivity index (χ2v) is 6.52. The molecule has 0 heterocycles. The molecule has 3 amide bonds. The molecule has 0 fully saturated rings. The Kier molecular flexibility index (Phi) is 7.37. The molecule has 0 aliphatic rings. The highest BCUT2D eigenvalue weighted by molar-refractivity contribution is 5.99. The molecule has 0 unspecified atom stereocenters. The van der Waals surface area contributed by atoms with E-state index >= 15 is 0 Å². The summed E-state index contributed by atoms with van der Waals surface area (Å²) in [4.78, 5) is 24.6. The molecule has 0 aromatic heterocycles. The van der Waals surface area contributed by atoms with Gasteiger partial charge in [-0.05, 0) is 42.7 Å². The van der Waals surface area contributed by atoms with E-state index in [1.54, 1.807) is 6.07 Å². The third-order valence-electron chi connectivity index (χ3n) is 4.90. The van der Waals surface area contributed by atoms with Crippen LogP contribution in [0.2, 0.25) is 0 Å². The largest absolute Gasteiger partial charge is 0.352 e. The van der Waals surface area contributed by atoms with Gasteiger partial charge in [0.25, 0.3) is 0 Å². The molecule has 0 saturated heterocycles. The van der Waals surface area contributed by atoms with Gasteiger partial charge in [-0.15, -0.1) is 0 Å². The lowest BCUT2D eigenvalue weighted by Crippen LogP contribution is -2.45. The van der Waals surface area contributed by atoms with E-state index in [0.717, 1.165) is 11.3 Å². The molecule has 0 atom stereocenters. The lowest BCUT2D eigenvalue weighted by Gasteiger charge is -2.28. The van der Waals surface area contributed by atoms with Gasteiger partial charge in [0, 0.05) is 24.5 Å². The van der Waals surface area contributed by atoms with Gasteiger partial charge in [0.05, 0.1) is 5.41 Å². The van der Waals surface area contributed by atoms with Crippen LogP contribution in [-0.2, 0) is 11.3 Å². The molecule has 2 aromatic rings. The number of carbonyl (C=O) groups is 2. The highest BCUT2D eigenvalue weighted by atomic mass is 16.2. The normalized spacial score (nSPS) is 10.9. The fourth-order valence-electron chi connectivity index (χ4n) is 2.90. The minimum Gasteiger partial charge on any atom is -0.352 e. The maximum absolute atomic E-state index is 12.5. The first-order valence-electron chi connectivity index (χ1n) is 9.23. The lowest BCUT2D eigenvalue weighted by atomic mass is 9.81. The van der Waals surface area contributed by atoms with Crippen LogP contribution in [0, 0.1) is 5.41 Å². The van der Waals surface area contributed by atoms with E-state index < -0.39 is 5.41 Å². The summed E-state index contributed by atoms with van der Waals surface area (Å²) in [6.07, 6.45) is 1.40. The van der Waals surface area contributed by atoms with Gasteiger partial charge in [0.15, 0.2) is 0 Å². The summed E-state index contributed by atoms with van der Waals surface area (Å²) < 4.78 is 0. The summed E-state index contributed by atoms with van der Waals surface area (Å²) in [7, 11) is 0. The van der Waals surface area contributed by atoms with Crippen molar-refractivity contribution in [2.45, 2.75) is 33.2 Å². The molecule has 144 valence electrons. The van der Waals surface area contributed by atoms with E-state index in [2.05, 4.69) is 16.0 Å². The number of nitrogens with one attached hydrogen (secondary N) is 3. The standard InChI is InChI=1S/C21H28N4O2/c1-3-21(4-2,15-22)19(26)23-14-16-9-8-12-18(13-16)25-20(27)24-17-10-6-5-7-11-17/h5-13H,3-4,14-15,22H2,1-2H3,(H,23,26)(H2,24,25,27). The molecule has 0 saturated carbocycles. The minimum atomic E-state index is -0.522. The van der Waals surface area contributed by atoms with Gasteiger partial charge in [-0.1, -0.05) is 44.2 Å². The highest BCUT2D eigenvalue weighted by Crippen LogP contribution is 2.25. The third kappa shape index (κ3) is 5.56. The van der Waals surface area contributed by atoms with Crippen molar-refractivity contribution >= 4 is 23.3 Å². The summed E-state index contributed by atoms with van der Waals surface area (Å²) >= 11 is 0. The van der Waals surface area contributed by atoms with Crippen molar-refractivity contribution in [3.63, 3.8) is 0 Å². The second kappa shape index (κ2) is 9.73. The highest BCUT2D eigenvalue weighted by Gasteiger charge is 2.32. The summed E-state index contributed by atoms with van der Waals surface area (Å²) in [5.74, 6) is -0.0322. The zero-order valence-electron chi connectivity index (χ0n) is 15.9. The van der Waals surface area contributed by atoms with Gasteiger partial charge < -0.3 is 21.7 Å². The first-order chi connectivity index (χ1) is 13.0. The summed E-state index contributed by atoms with van der Waals surface area (Å²) in [5.41, 5.74) is 7.58. The average Bonchev–Trinajstić information content (AvgIpc) is 2.69. The number of anilines is 2. The Labute approximate surface area is 160 Å². The molecular weight excluding hydrogens is 340 g/mol. The van der Waals surface area contributed by atoms with Crippen molar-refractivity contribution in [1.29, 1.82) is 0 Å². The quantitative estimate of drug-likeness (QED) is 0.572. The zero-order chi connectivity index (χ0) is 19.7. The number of benzene rings is 2. The number of amides is 3. The lowest BCUT2D eigenvalue weighted by molar-refractivity contribution is -0.131. The predicted molar refractivity (Wildman–Crippen MR) is 109 cm³/mol. The van der Waals surface area contributed by atoms with Gasteiger partial charge >= 0.3 is 6.03 Å². The Bertz CT molecular complexity index is 750. The van der Waals surface area contributed by atoms with Crippen LogP contribution >= 0.6 is 0 Å². The topological polar surface area (TPSA) is 96.2 Å². The van der Waals surface area contributed by atoms with Crippen LogP contribution in [-0.4, -0.2) is 18.5 Å². The van der Waals surface area contributed by atoms with E-state index in [9.17, 15) is 9.59 Å². The van der Waals surface area contributed by atoms with Gasteiger partial charge in [0.2, 0.25) is 5.91 Å². The molecule has 0 bridgehead atoms. The Morgan fingerprint density at radius 3 is 2.19 bits per heavy atom. The molecule has 0 spiro atoms. The molecule has 0 aliphatic carbocycles. The van der Waals surface area contributed by atoms with Gasteiger partial charge in [0.1, 0.15) is 0 Å². The smallest absolute Gasteiger partial charge is 0.323 e. The number of urea groups is 1. The van der Waals surface area contributed by atoms with Crippen LogP contribution in [0.3, 0.4) is 0 Å². The second-order valence-electron chi connectivity index (χ2n) is 6.52. The first kappa shape index (κ1) is 20.5. The maximum atomic E-state index is 12.5. The molecular formula is C21H28N4O2. The van der Waals surface area contributed by atoms with Crippen LogP contribution in [0.1, 0.15) is 32.3 Å². The molecule has 0 aliphatic heterocycles.